The van der Waals surface area contributed by atoms with Crippen LogP contribution in [-0.2, 0) is 10.2 Å². The number of hydrazine groups is 1. The molecule has 2 bridgehead atoms. The van der Waals surface area contributed by atoms with E-state index < -0.39 is 0 Å². The van der Waals surface area contributed by atoms with Gasteiger partial charge < -0.3 is 0 Å². The van der Waals surface area contributed by atoms with Crippen molar-refractivity contribution < 1.29 is 9.59 Å². The van der Waals surface area contributed by atoms with E-state index in [0.717, 1.165) is 11.8 Å². The van der Waals surface area contributed by atoms with Gasteiger partial charge in [-0.1, -0.05) is 39.3 Å². The summed E-state index contributed by atoms with van der Waals surface area (Å²) in [4.78, 5) is 24.2. The molecule has 0 heterocycles. The highest BCUT2D eigenvalue weighted by atomic mass is 16.2. The van der Waals surface area contributed by atoms with E-state index >= 15 is 0 Å². The third-order valence-corrected chi connectivity index (χ3v) is 5.66. The Balaban J connectivity index is 1.47. The van der Waals surface area contributed by atoms with Gasteiger partial charge in [0.15, 0.2) is 0 Å². The quantitative estimate of drug-likeness (QED) is 0.833. The molecule has 3 atom stereocenters. The summed E-state index contributed by atoms with van der Waals surface area (Å²) >= 11 is 0. The van der Waals surface area contributed by atoms with Gasteiger partial charge in [-0.15, -0.1) is 0 Å². The second kappa shape index (κ2) is 6.58. The maximum atomic E-state index is 12.1. The van der Waals surface area contributed by atoms with Crippen LogP contribution in [0, 0.1) is 17.8 Å². The molecular formula is C20H28N2O2. The molecule has 2 amide bonds. The Hall–Kier alpha value is -1.84. The number of carbonyl (C=O) groups is 2. The monoisotopic (exact) mass is 328 g/mol. The van der Waals surface area contributed by atoms with Gasteiger partial charge in [0.25, 0.3) is 5.91 Å². The van der Waals surface area contributed by atoms with Crippen LogP contribution in [0.25, 0.3) is 0 Å². The van der Waals surface area contributed by atoms with Crippen LogP contribution >= 0.6 is 0 Å². The van der Waals surface area contributed by atoms with Gasteiger partial charge in [0.1, 0.15) is 0 Å². The zero-order valence-corrected chi connectivity index (χ0v) is 14.9. The van der Waals surface area contributed by atoms with Crippen molar-refractivity contribution in [1.82, 2.24) is 10.9 Å². The summed E-state index contributed by atoms with van der Waals surface area (Å²) in [6.45, 7) is 6.41. The SMILES string of the molecule is CC(C)(C)c1ccc(C(=O)NNC(=O)C[C@@H]2C[C@H]3CC[C@@H]2C3)cc1. The highest BCUT2D eigenvalue weighted by Gasteiger charge is 2.40. The maximum absolute atomic E-state index is 12.1. The fraction of sp³-hybridized carbons (Fsp3) is 0.600. The van der Waals surface area contributed by atoms with Crippen LogP contribution in [0.15, 0.2) is 24.3 Å². The predicted octanol–water partition coefficient (Wildman–Crippen LogP) is 3.57. The average Bonchev–Trinajstić information content (AvgIpc) is 3.14. The van der Waals surface area contributed by atoms with Gasteiger partial charge in [0, 0.05) is 12.0 Å². The molecular weight excluding hydrogens is 300 g/mol. The Kier molecular flexibility index (Phi) is 4.66. The summed E-state index contributed by atoms with van der Waals surface area (Å²) in [6.07, 6.45) is 5.62. The number of amides is 2. The Morgan fingerprint density at radius 1 is 1.04 bits per heavy atom. The normalized spacial score (nSPS) is 25.5. The van der Waals surface area contributed by atoms with Crippen molar-refractivity contribution in [2.24, 2.45) is 17.8 Å². The molecule has 0 unspecified atom stereocenters. The number of benzene rings is 1. The van der Waals surface area contributed by atoms with Crippen molar-refractivity contribution in [3.63, 3.8) is 0 Å². The highest BCUT2D eigenvalue weighted by Crippen LogP contribution is 2.49. The molecule has 2 aliphatic carbocycles. The van der Waals surface area contributed by atoms with Gasteiger partial charge in [-0.2, -0.15) is 0 Å². The average molecular weight is 328 g/mol. The first-order valence-corrected chi connectivity index (χ1v) is 9.02. The second-order valence-electron chi connectivity index (χ2n) is 8.47. The third-order valence-electron chi connectivity index (χ3n) is 5.66. The largest absolute Gasteiger partial charge is 0.273 e. The zero-order valence-electron chi connectivity index (χ0n) is 14.9. The molecule has 2 aliphatic rings. The number of hydrogen-bond donors (Lipinski definition) is 2. The van der Waals surface area contributed by atoms with Crippen molar-refractivity contribution >= 4 is 11.8 Å². The molecule has 2 N–H and O–H groups in total. The van der Waals surface area contributed by atoms with Crippen LogP contribution in [0.4, 0.5) is 0 Å². The van der Waals surface area contributed by atoms with Crippen LogP contribution in [-0.4, -0.2) is 11.8 Å². The molecule has 3 rings (SSSR count). The molecule has 0 saturated heterocycles. The summed E-state index contributed by atoms with van der Waals surface area (Å²) in [5.74, 6) is 1.72. The molecule has 1 aromatic carbocycles. The van der Waals surface area contributed by atoms with E-state index in [1.807, 2.05) is 12.1 Å². The van der Waals surface area contributed by atoms with Crippen molar-refractivity contribution in [3.05, 3.63) is 35.4 Å². The van der Waals surface area contributed by atoms with E-state index in [0.29, 0.717) is 17.9 Å². The first kappa shape index (κ1) is 17.0. The number of nitrogens with one attached hydrogen (secondary N) is 2. The van der Waals surface area contributed by atoms with Gasteiger partial charge in [0.05, 0.1) is 0 Å². The van der Waals surface area contributed by atoms with Crippen LogP contribution in [0.2, 0.25) is 0 Å². The zero-order chi connectivity index (χ0) is 17.3. The van der Waals surface area contributed by atoms with E-state index in [-0.39, 0.29) is 17.2 Å². The summed E-state index contributed by atoms with van der Waals surface area (Å²) in [5, 5.41) is 0. The maximum Gasteiger partial charge on any atom is 0.269 e. The molecule has 130 valence electrons. The van der Waals surface area contributed by atoms with Gasteiger partial charge in [-0.25, -0.2) is 0 Å². The Morgan fingerprint density at radius 3 is 2.29 bits per heavy atom. The first-order valence-electron chi connectivity index (χ1n) is 9.02. The van der Waals surface area contributed by atoms with Gasteiger partial charge in [0.2, 0.25) is 5.91 Å². The number of carbonyl (C=O) groups excluding carboxylic acids is 2. The van der Waals surface area contributed by atoms with Gasteiger partial charge >= 0.3 is 0 Å². The minimum atomic E-state index is -0.267. The molecule has 2 saturated carbocycles. The fourth-order valence-electron chi connectivity index (χ4n) is 4.24. The molecule has 1 aromatic rings. The van der Waals surface area contributed by atoms with Crippen LogP contribution < -0.4 is 10.9 Å². The summed E-state index contributed by atoms with van der Waals surface area (Å²) < 4.78 is 0. The van der Waals surface area contributed by atoms with Crippen LogP contribution in [0.3, 0.4) is 0 Å². The number of fused-ring (bicyclic) bond motifs is 2. The Bertz CT molecular complexity index is 616. The van der Waals surface area contributed by atoms with Crippen molar-refractivity contribution in [2.75, 3.05) is 0 Å². The fourth-order valence-corrected chi connectivity index (χ4v) is 4.24. The summed E-state index contributed by atoms with van der Waals surface area (Å²) in [7, 11) is 0. The third kappa shape index (κ3) is 3.80. The molecule has 2 fully saturated rings. The van der Waals surface area contributed by atoms with Crippen molar-refractivity contribution in [1.29, 1.82) is 0 Å². The lowest BCUT2D eigenvalue weighted by Gasteiger charge is -2.21. The number of rotatable bonds is 3. The first-order chi connectivity index (χ1) is 11.3. The molecule has 0 radical (unpaired) electrons. The van der Waals surface area contributed by atoms with Crippen molar-refractivity contribution in [2.45, 2.75) is 58.3 Å². The highest BCUT2D eigenvalue weighted by molar-refractivity contribution is 5.95. The molecule has 0 aromatic heterocycles. The molecule has 4 nitrogen and oxygen atoms in total. The molecule has 0 aliphatic heterocycles. The minimum Gasteiger partial charge on any atom is -0.273 e. The number of hydrogen-bond acceptors (Lipinski definition) is 2. The smallest absolute Gasteiger partial charge is 0.269 e. The lowest BCUT2D eigenvalue weighted by atomic mass is 9.86. The lowest BCUT2D eigenvalue weighted by Crippen LogP contribution is -2.42. The van der Waals surface area contributed by atoms with Crippen LogP contribution in [0.5, 0.6) is 0 Å². The summed E-state index contributed by atoms with van der Waals surface area (Å²) in [6, 6.07) is 7.54. The molecule has 4 heteroatoms. The predicted molar refractivity (Wildman–Crippen MR) is 94.3 cm³/mol. The van der Waals surface area contributed by atoms with E-state index in [2.05, 4.69) is 31.6 Å². The lowest BCUT2D eigenvalue weighted by molar-refractivity contribution is -0.123. The topological polar surface area (TPSA) is 58.2 Å². The van der Waals surface area contributed by atoms with Crippen molar-refractivity contribution in [3.8, 4) is 0 Å². The van der Waals surface area contributed by atoms with Crippen LogP contribution in [0.1, 0.15) is 68.8 Å². The molecule has 24 heavy (non-hydrogen) atoms. The summed E-state index contributed by atoms with van der Waals surface area (Å²) in [5.41, 5.74) is 6.91. The standard InChI is InChI=1S/C20H28N2O2/c1-20(2,3)17-8-6-14(7-9-17)19(24)22-21-18(23)12-16-11-13-4-5-15(16)10-13/h6-9,13,15-16H,4-5,10-12H2,1-3H3,(H,21,23)(H,22,24)/t13-,15+,16-/m0/s1. The van der Waals surface area contributed by atoms with Gasteiger partial charge in [-0.3, -0.25) is 20.4 Å². The van der Waals surface area contributed by atoms with E-state index in [9.17, 15) is 9.59 Å². The van der Waals surface area contributed by atoms with E-state index in [1.54, 1.807) is 12.1 Å². The van der Waals surface area contributed by atoms with E-state index in [4.69, 9.17) is 0 Å². The minimum absolute atomic E-state index is 0.0594. The van der Waals surface area contributed by atoms with Gasteiger partial charge in [-0.05, 0) is 60.1 Å². The van der Waals surface area contributed by atoms with E-state index in [1.165, 1.54) is 31.2 Å². The Morgan fingerprint density at radius 2 is 1.75 bits per heavy atom. The molecule has 0 spiro atoms. The Labute approximate surface area is 144 Å². The second-order valence-corrected chi connectivity index (χ2v) is 8.47.